The molecular weight excluding hydrogens is 364 g/mol. The third-order valence-corrected chi connectivity index (χ3v) is 9.35. The first kappa shape index (κ1) is 22.8. The smallest absolute Gasteiger partial charge is 0.146 e. The van der Waals surface area contributed by atoms with E-state index in [1.54, 1.807) is 7.11 Å². The van der Waals surface area contributed by atoms with Crippen molar-refractivity contribution in [2.24, 2.45) is 34.0 Å². The molecule has 29 heavy (non-hydrogen) atoms. The number of carbonyl (C=O) groups is 1. The number of rotatable bonds is 6. The van der Waals surface area contributed by atoms with Crippen LogP contribution in [0.25, 0.3) is 0 Å². The Morgan fingerprint density at radius 2 is 1.86 bits per heavy atom. The normalized spacial score (nSPS) is 47.2. The molecule has 0 aromatic carbocycles. The molecule has 164 valence electrons. The number of terminal acetylenes is 1. The lowest BCUT2D eigenvalue weighted by atomic mass is 9.43. The molecule has 3 aliphatic carbocycles. The molecular formula is C25H40O4. The van der Waals surface area contributed by atoms with Crippen LogP contribution in [-0.2, 0) is 19.0 Å². The lowest BCUT2D eigenvalue weighted by molar-refractivity contribution is -0.220. The van der Waals surface area contributed by atoms with Gasteiger partial charge in [0.15, 0.2) is 0 Å². The second kappa shape index (κ2) is 8.33. The van der Waals surface area contributed by atoms with E-state index in [2.05, 4.69) is 33.6 Å². The molecule has 0 aliphatic heterocycles. The van der Waals surface area contributed by atoms with Gasteiger partial charge < -0.3 is 14.2 Å². The maximum absolute atomic E-state index is 14.0. The zero-order valence-electron chi connectivity index (χ0n) is 19.3. The van der Waals surface area contributed by atoms with E-state index in [4.69, 9.17) is 20.6 Å². The number of hydrogen-bond donors (Lipinski definition) is 0. The Labute approximate surface area is 177 Å². The van der Waals surface area contributed by atoms with Crippen LogP contribution in [0.1, 0.15) is 72.6 Å². The number of methoxy groups -OCH3 is 2. The molecule has 0 radical (unpaired) electrons. The van der Waals surface area contributed by atoms with E-state index in [0.29, 0.717) is 30.5 Å². The quantitative estimate of drug-likeness (QED) is 0.469. The minimum atomic E-state index is -0.467. The third-order valence-electron chi connectivity index (χ3n) is 9.35. The Bertz CT molecular complexity index is 654. The highest BCUT2D eigenvalue weighted by molar-refractivity contribution is 5.87. The summed E-state index contributed by atoms with van der Waals surface area (Å²) in [6.45, 7) is 9.33. The second-order valence-electron chi connectivity index (χ2n) is 10.4. The van der Waals surface area contributed by atoms with E-state index in [9.17, 15) is 4.79 Å². The van der Waals surface area contributed by atoms with Gasteiger partial charge in [0, 0.05) is 37.4 Å². The van der Waals surface area contributed by atoms with Gasteiger partial charge in [-0.3, -0.25) is 4.79 Å². The molecule has 8 atom stereocenters. The van der Waals surface area contributed by atoms with E-state index in [-0.39, 0.29) is 35.7 Å². The first-order chi connectivity index (χ1) is 13.7. The Balaban J connectivity index is 2.16. The first-order valence-electron chi connectivity index (χ1n) is 11.3. The lowest BCUT2D eigenvalue weighted by Gasteiger charge is -2.62. The highest BCUT2D eigenvalue weighted by atomic mass is 16.7. The van der Waals surface area contributed by atoms with E-state index in [1.165, 1.54) is 0 Å². The van der Waals surface area contributed by atoms with Crippen molar-refractivity contribution in [3.8, 4) is 12.3 Å². The molecule has 0 heterocycles. The lowest BCUT2D eigenvalue weighted by Crippen LogP contribution is -2.63. The van der Waals surface area contributed by atoms with E-state index >= 15 is 0 Å². The predicted octanol–water partition coefficient (Wildman–Crippen LogP) is 4.85. The maximum Gasteiger partial charge on any atom is 0.146 e. The van der Waals surface area contributed by atoms with Gasteiger partial charge in [-0.2, -0.15) is 0 Å². The molecule has 4 unspecified atom stereocenters. The van der Waals surface area contributed by atoms with E-state index in [0.717, 1.165) is 32.1 Å². The Morgan fingerprint density at radius 1 is 1.17 bits per heavy atom. The number of hydrogen-bond acceptors (Lipinski definition) is 4. The molecule has 3 rings (SSSR count). The van der Waals surface area contributed by atoms with Crippen LogP contribution >= 0.6 is 0 Å². The minimum absolute atomic E-state index is 0.00841. The Morgan fingerprint density at radius 3 is 2.48 bits per heavy atom. The van der Waals surface area contributed by atoms with Gasteiger partial charge in [0.1, 0.15) is 12.6 Å². The summed E-state index contributed by atoms with van der Waals surface area (Å²) in [6.07, 6.45) is 12.1. The fourth-order valence-corrected chi connectivity index (χ4v) is 7.46. The molecule has 4 heteroatoms. The SMILES string of the molecule is C#CCC[C@]1(C)CC(OCOC)[C@@]2(C)C3C(OC)CCC3(CC[C@H]2C)[C@@H](C)C1=O. The molecule has 0 amide bonds. The first-order valence-corrected chi connectivity index (χ1v) is 11.3. The number of carbonyl (C=O) groups excluding carboxylic acids is 1. The van der Waals surface area contributed by atoms with Crippen LogP contribution in [0.5, 0.6) is 0 Å². The van der Waals surface area contributed by atoms with Crippen molar-refractivity contribution in [1.29, 1.82) is 0 Å². The van der Waals surface area contributed by atoms with E-state index < -0.39 is 5.41 Å². The van der Waals surface area contributed by atoms with Gasteiger partial charge in [0.25, 0.3) is 0 Å². The summed E-state index contributed by atoms with van der Waals surface area (Å²) in [5, 5.41) is 0. The zero-order valence-corrected chi connectivity index (χ0v) is 19.3. The number of ketones is 1. The summed E-state index contributed by atoms with van der Waals surface area (Å²) in [5.74, 6) is 3.97. The van der Waals surface area contributed by atoms with Crippen LogP contribution in [0.3, 0.4) is 0 Å². The third kappa shape index (κ3) is 3.38. The number of Topliss-reactive ketones (excluding diaryl/α,β-unsaturated/α-hetero) is 1. The van der Waals surface area contributed by atoms with Crippen molar-refractivity contribution in [3.05, 3.63) is 0 Å². The molecule has 0 aromatic rings. The zero-order chi connectivity index (χ0) is 21.4. The van der Waals surface area contributed by atoms with E-state index in [1.807, 2.05) is 7.11 Å². The molecule has 4 nitrogen and oxygen atoms in total. The molecule has 0 N–H and O–H groups in total. The van der Waals surface area contributed by atoms with Crippen LogP contribution < -0.4 is 0 Å². The molecule has 0 saturated heterocycles. The van der Waals surface area contributed by atoms with Gasteiger partial charge in [0.05, 0.1) is 12.2 Å². The van der Waals surface area contributed by atoms with Gasteiger partial charge in [-0.25, -0.2) is 0 Å². The highest BCUT2D eigenvalue weighted by Crippen LogP contribution is 2.68. The molecule has 2 bridgehead atoms. The van der Waals surface area contributed by atoms with Crippen LogP contribution in [-0.4, -0.2) is 39.0 Å². The standard InChI is InChI=1S/C25H40O4/c1-8-9-12-23(4)15-20(29-16-27-6)24(5)17(2)10-13-25(18(3)22(23)26)14-11-19(28-7)21(24)25/h1,17-21H,9-16H2,2-7H3/t17-,18+,19?,20?,21?,23-,24+,25?/m1/s1. The van der Waals surface area contributed by atoms with Gasteiger partial charge in [-0.15, -0.1) is 12.3 Å². The average molecular weight is 405 g/mol. The molecule has 3 aliphatic rings. The largest absolute Gasteiger partial charge is 0.381 e. The van der Waals surface area contributed by atoms with Crippen LogP contribution in [0.15, 0.2) is 0 Å². The van der Waals surface area contributed by atoms with Crippen LogP contribution in [0.2, 0.25) is 0 Å². The molecule has 0 aromatic heterocycles. The van der Waals surface area contributed by atoms with Gasteiger partial charge in [-0.05, 0) is 55.8 Å². The monoisotopic (exact) mass is 404 g/mol. The van der Waals surface area contributed by atoms with Crippen molar-refractivity contribution in [1.82, 2.24) is 0 Å². The summed E-state index contributed by atoms with van der Waals surface area (Å²) in [7, 11) is 3.50. The van der Waals surface area contributed by atoms with Crippen LogP contribution in [0.4, 0.5) is 0 Å². The Hall–Kier alpha value is -0.890. The minimum Gasteiger partial charge on any atom is -0.381 e. The van der Waals surface area contributed by atoms with Crippen molar-refractivity contribution >= 4 is 5.78 Å². The van der Waals surface area contributed by atoms with Crippen molar-refractivity contribution in [2.75, 3.05) is 21.0 Å². The maximum atomic E-state index is 14.0. The van der Waals surface area contributed by atoms with Crippen LogP contribution in [0, 0.1) is 46.3 Å². The predicted molar refractivity (Wildman–Crippen MR) is 114 cm³/mol. The van der Waals surface area contributed by atoms with Gasteiger partial charge >= 0.3 is 0 Å². The molecule has 3 fully saturated rings. The second-order valence-corrected chi connectivity index (χ2v) is 10.4. The highest BCUT2D eigenvalue weighted by Gasteiger charge is 2.68. The molecule has 3 saturated carbocycles. The van der Waals surface area contributed by atoms with Crippen molar-refractivity contribution in [3.63, 3.8) is 0 Å². The fourth-order valence-electron chi connectivity index (χ4n) is 7.46. The molecule has 0 spiro atoms. The Kier molecular flexibility index (Phi) is 6.54. The average Bonchev–Trinajstić information content (AvgIpc) is 3.11. The summed E-state index contributed by atoms with van der Waals surface area (Å²) in [6, 6.07) is 0. The fraction of sp³-hybridized carbons (Fsp3) is 0.880. The van der Waals surface area contributed by atoms with Gasteiger partial charge in [-0.1, -0.05) is 27.7 Å². The summed E-state index contributed by atoms with van der Waals surface area (Å²) in [4.78, 5) is 14.0. The number of ether oxygens (including phenoxy) is 3. The summed E-state index contributed by atoms with van der Waals surface area (Å²) < 4.78 is 17.8. The van der Waals surface area contributed by atoms with Gasteiger partial charge in [0.2, 0.25) is 0 Å². The van der Waals surface area contributed by atoms with Crippen molar-refractivity contribution in [2.45, 2.75) is 84.8 Å². The topological polar surface area (TPSA) is 44.8 Å². The summed E-state index contributed by atoms with van der Waals surface area (Å²) >= 11 is 0. The van der Waals surface area contributed by atoms with Crippen molar-refractivity contribution < 1.29 is 19.0 Å². The summed E-state index contributed by atoms with van der Waals surface area (Å²) in [5.41, 5.74) is -0.544.